The number of aromatic amines is 1. The third kappa shape index (κ3) is 1.06. The van der Waals surface area contributed by atoms with Gasteiger partial charge in [0.15, 0.2) is 0 Å². The van der Waals surface area contributed by atoms with Crippen molar-refractivity contribution in [1.82, 2.24) is 9.97 Å². The van der Waals surface area contributed by atoms with Crippen molar-refractivity contribution >= 4 is 37.7 Å². The molecule has 0 saturated heterocycles. The van der Waals surface area contributed by atoms with E-state index in [2.05, 4.69) is 50.2 Å². The highest BCUT2D eigenvalue weighted by atomic mass is 79.9. The van der Waals surface area contributed by atoms with Gasteiger partial charge in [-0.05, 0) is 23.6 Å². The lowest BCUT2D eigenvalue weighted by molar-refractivity contribution is 1.35. The van der Waals surface area contributed by atoms with E-state index in [9.17, 15) is 0 Å². The Morgan fingerprint density at radius 3 is 3.00 bits per heavy atom. The lowest BCUT2D eigenvalue weighted by atomic mass is 10.1. The normalized spacial score (nSPS) is 11.2. The number of imidazole rings is 1. The molecule has 3 rings (SSSR count). The molecule has 0 spiro atoms. The summed E-state index contributed by atoms with van der Waals surface area (Å²) in [4.78, 5) is 7.41. The highest BCUT2D eigenvalue weighted by molar-refractivity contribution is 9.10. The first-order valence-electron chi connectivity index (χ1n) is 4.36. The zero-order valence-corrected chi connectivity index (χ0v) is 8.88. The molecule has 2 nitrogen and oxygen atoms in total. The van der Waals surface area contributed by atoms with E-state index >= 15 is 0 Å². The van der Waals surface area contributed by atoms with Crippen molar-refractivity contribution in [3.8, 4) is 0 Å². The molecule has 0 aliphatic carbocycles. The van der Waals surface area contributed by atoms with Gasteiger partial charge in [0.05, 0.1) is 17.4 Å². The van der Waals surface area contributed by atoms with Crippen LogP contribution in [0.3, 0.4) is 0 Å². The Kier molecular flexibility index (Phi) is 1.61. The van der Waals surface area contributed by atoms with Gasteiger partial charge in [-0.1, -0.05) is 28.1 Å². The number of H-pyrrole nitrogens is 1. The van der Waals surface area contributed by atoms with E-state index in [4.69, 9.17) is 0 Å². The van der Waals surface area contributed by atoms with Crippen molar-refractivity contribution in [2.45, 2.75) is 0 Å². The first-order valence-corrected chi connectivity index (χ1v) is 5.15. The van der Waals surface area contributed by atoms with Gasteiger partial charge in [0.2, 0.25) is 0 Å². The van der Waals surface area contributed by atoms with Crippen molar-refractivity contribution in [3.05, 3.63) is 41.1 Å². The van der Waals surface area contributed by atoms with E-state index in [1.54, 1.807) is 6.33 Å². The lowest BCUT2D eigenvalue weighted by Crippen LogP contribution is -1.76. The molecule has 0 unspecified atom stereocenters. The Hall–Kier alpha value is -1.35. The summed E-state index contributed by atoms with van der Waals surface area (Å²) in [5.74, 6) is 0. The van der Waals surface area contributed by atoms with Crippen LogP contribution < -0.4 is 0 Å². The van der Waals surface area contributed by atoms with Crippen LogP contribution >= 0.6 is 15.9 Å². The maximum absolute atomic E-state index is 4.31. The summed E-state index contributed by atoms with van der Waals surface area (Å²) < 4.78 is 1.10. The number of rotatable bonds is 0. The quantitative estimate of drug-likeness (QED) is 0.647. The molecule has 2 aromatic carbocycles. The molecule has 0 fully saturated rings. The van der Waals surface area contributed by atoms with Crippen molar-refractivity contribution < 1.29 is 0 Å². The zero-order chi connectivity index (χ0) is 9.54. The Morgan fingerprint density at radius 1 is 1.14 bits per heavy atom. The summed E-state index contributed by atoms with van der Waals surface area (Å²) in [5.41, 5.74) is 2.12. The van der Waals surface area contributed by atoms with Gasteiger partial charge < -0.3 is 4.98 Å². The largest absolute Gasteiger partial charge is 0.345 e. The molecule has 0 atom stereocenters. The highest BCUT2D eigenvalue weighted by Crippen LogP contribution is 2.25. The molecule has 0 aliphatic heterocycles. The first kappa shape index (κ1) is 8.00. The van der Waals surface area contributed by atoms with E-state index in [0.717, 1.165) is 15.5 Å². The monoisotopic (exact) mass is 246 g/mol. The minimum Gasteiger partial charge on any atom is -0.345 e. The van der Waals surface area contributed by atoms with Crippen LogP contribution in [0.5, 0.6) is 0 Å². The molecule has 0 amide bonds. The second kappa shape index (κ2) is 2.82. The van der Waals surface area contributed by atoms with Gasteiger partial charge in [0.25, 0.3) is 0 Å². The molecule has 1 heterocycles. The fourth-order valence-electron chi connectivity index (χ4n) is 1.71. The molecule has 3 heteroatoms. The fourth-order valence-corrected chi connectivity index (χ4v) is 2.08. The second-order valence-electron chi connectivity index (χ2n) is 3.23. The summed E-state index contributed by atoms with van der Waals surface area (Å²) >= 11 is 3.46. The van der Waals surface area contributed by atoms with Gasteiger partial charge in [-0.3, -0.25) is 0 Å². The number of hydrogen-bond acceptors (Lipinski definition) is 1. The van der Waals surface area contributed by atoms with Crippen LogP contribution in [0.25, 0.3) is 21.8 Å². The number of aromatic nitrogens is 2. The fraction of sp³-hybridized carbons (Fsp3) is 0. The van der Waals surface area contributed by atoms with Crippen LogP contribution in [0.1, 0.15) is 0 Å². The van der Waals surface area contributed by atoms with Gasteiger partial charge in [-0.25, -0.2) is 4.98 Å². The first-order chi connectivity index (χ1) is 6.84. The predicted octanol–water partition coefficient (Wildman–Crippen LogP) is 3.48. The van der Waals surface area contributed by atoms with Crippen LogP contribution in [0.4, 0.5) is 0 Å². The minimum absolute atomic E-state index is 1.04. The maximum atomic E-state index is 4.31. The summed E-state index contributed by atoms with van der Waals surface area (Å²) in [5, 5.41) is 2.39. The molecule has 3 aromatic rings. The maximum Gasteiger partial charge on any atom is 0.0960 e. The molecule has 0 saturated carbocycles. The molecular weight excluding hydrogens is 240 g/mol. The summed E-state index contributed by atoms with van der Waals surface area (Å²) in [6.45, 7) is 0. The average Bonchev–Trinajstić information content (AvgIpc) is 2.65. The number of benzene rings is 2. The number of hydrogen-bond donors (Lipinski definition) is 1. The van der Waals surface area contributed by atoms with E-state index in [0.29, 0.717) is 0 Å². The molecule has 68 valence electrons. The standard InChI is InChI=1S/C11H7BrN2/c12-8-2-3-9-7(5-8)1-4-10-11(9)14-6-13-10/h1-6H,(H,13,14). The smallest absolute Gasteiger partial charge is 0.0960 e. The molecule has 0 aliphatic rings. The zero-order valence-electron chi connectivity index (χ0n) is 7.29. The summed E-state index contributed by atoms with van der Waals surface area (Å²) in [7, 11) is 0. The van der Waals surface area contributed by atoms with Gasteiger partial charge in [0, 0.05) is 9.86 Å². The topological polar surface area (TPSA) is 28.7 Å². The van der Waals surface area contributed by atoms with Crippen molar-refractivity contribution in [2.24, 2.45) is 0 Å². The van der Waals surface area contributed by atoms with Crippen LogP contribution in [-0.4, -0.2) is 9.97 Å². The molecule has 0 bridgehead atoms. The Morgan fingerprint density at radius 2 is 2.07 bits per heavy atom. The molecule has 14 heavy (non-hydrogen) atoms. The van der Waals surface area contributed by atoms with Crippen LogP contribution in [0.15, 0.2) is 41.1 Å². The molecular formula is C11H7BrN2. The Bertz CT molecular complexity index is 613. The van der Waals surface area contributed by atoms with E-state index in [-0.39, 0.29) is 0 Å². The van der Waals surface area contributed by atoms with Crippen molar-refractivity contribution in [1.29, 1.82) is 0 Å². The number of nitrogens with one attached hydrogen (secondary N) is 1. The van der Waals surface area contributed by atoms with Gasteiger partial charge in [-0.2, -0.15) is 0 Å². The molecule has 1 aromatic heterocycles. The predicted molar refractivity (Wildman–Crippen MR) is 61.3 cm³/mol. The van der Waals surface area contributed by atoms with Crippen LogP contribution in [0.2, 0.25) is 0 Å². The van der Waals surface area contributed by atoms with Crippen LogP contribution in [-0.2, 0) is 0 Å². The third-order valence-electron chi connectivity index (χ3n) is 2.37. The number of nitrogens with zero attached hydrogens (tertiary/aromatic N) is 1. The van der Waals surface area contributed by atoms with E-state index in [1.807, 2.05) is 6.07 Å². The van der Waals surface area contributed by atoms with Gasteiger partial charge >= 0.3 is 0 Å². The molecule has 0 radical (unpaired) electrons. The Balaban J connectivity index is 2.57. The SMILES string of the molecule is Brc1ccc2c(ccc3[nH]cnc32)c1. The van der Waals surface area contributed by atoms with Crippen molar-refractivity contribution in [3.63, 3.8) is 0 Å². The number of fused-ring (bicyclic) bond motifs is 3. The second-order valence-corrected chi connectivity index (χ2v) is 4.15. The molecule has 1 N–H and O–H groups in total. The van der Waals surface area contributed by atoms with E-state index in [1.165, 1.54) is 10.8 Å². The van der Waals surface area contributed by atoms with Gasteiger partial charge in [0.1, 0.15) is 0 Å². The Labute approximate surface area is 89.1 Å². The summed E-state index contributed by atoms with van der Waals surface area (Å²) in [6.07, 6.45) is 1.73. The minimum atomic E-state index is 1.04. The van der Waals surface area contributed by atoms with Crippen LogP contribution in [0, 0.1) is 0 Å². The third-order valence-corrected chi connectivity index (χ3v) is 2.86. The average molecular weight is 247 g/mol. The van der Waals surface area contributed by atoms with Crippen molar-refractivity contribution in [2.75, 3.05) is 0 Å². The number of halogens is 1. The lowest BCUT2D eigenvalue weighted by Gasteiger charge is -1.98. The van der Waals surface area contributed by atoms with Gasteiger partial charge in [-0.15, -0.1) is 0 Å². The van der Waals surface area contributed by atoms with E-state index < -0.39 is 0 Å². The highest BCUT2D eigenvalue weighted by Gasteiger charge is 2.01. The summed E-state index contributed by atoms with van der Waals surface area (Å²) in [6, 6.07) is 10.4.